The van der Waals surface area contributed by atoms with Gasteiger partial charge in [-0.25, -0.2) is 8.42 Å². The number of hydrogen-bond donors (Lipinski definition) is 0. The number of anilines is 2. The van der Waals surface area contributed by atoms with Gasteiger partial charge in [-0.3, -0.25) is 19.2 Å². The minimum absolute atomic E-state index is 0.112. The third kappa shape index (κ3) is 4.75. The Bertz CT molecular complexity index is 2070. The maximum atomic E-state index is 14.9. The van der Waals surface area contributed by atoms with Gasteiger partial charge in [-0.05, 0) is 67.9 Å². The number of pyridine rings is 2. The van der Waals surface area contributed by atoms with Crippen molar-refractivity contribution >= 4 is 32.3 Å². The predicted octanol–water partition coefficient (Wildman–Crippen LogP) is 5.48. The molecule has 2 aromatic heterocycles. The minimum atomic E-state index is -4.11. The van der Waals surface area contributed by atoms with Crippen molar-refractivity contribution in [1.82, 2.24) is 14.9 Å². The fraction of sp³-hybridized carbons (Fsp3) is 0.250. The predicted molar refractivity (Wildman–Crippen MR) is 179 cm³/mol. The summed E-state index contributed by atoms with van der Waals surface area (Å²) >= 11 is 0. The summed E-state index contributed by atoms with van der Waals surface area (Å²) < 4.78 is 37.5. The third-order valence-corrected chi connectivity index (χ3v) is 11.0. The van der Waals surface area contributed by atoms with E-state index in [0.717, 1.165) is 40.9 Å². The van der Waals surface area contributed by atoms with Crippen LogP contribution in [-0.4, -0.2) is 62.6 Å². The van der Waals surface area contributed by atoms with E-state index >= 15 is 0 Å². The molecule has 9 nitrogen and oxygen atoms in total. The highest BCUT2D eigenvalue weighted by molar-refractivity contribution is 7.93. The van der Waals surface area contributed by atoms with Crippen LogP contribution in [0.25, 0.3) is 10.9 Å². The molecule has 1 atom stereocenters. The van der Waals surface area contributed by atoms with Crippen LogP contribution >= 0.6 is 0 Å². The van der Waals surface area contributed by atoms with Crippen molar-refractivity contribution in [2.75, 3.05) is 48.5 Å². The molecule has 0 saturated carbocycles. The van der Waals surface area contributed by atoms with Crippen LogP contribution in [-0.2, 0) is 15.6 Å². The van der Waals surface area contributed by atoms with Gasteiger partial charge < -0.3 is 9.64 Å². The molecule has 3 aromatic carbocycles. The number of sulfonamides is 1. The van der Waals surface area contributed by atoms with E-state index in [-0.39, 0.29) is 11.4 Å². The summed E-state index contributed by atoms with van der Waals surface area (Å²) in [4.78, 5) is 13.5. The summed E-state index contributed by atoms with van der Waals surface area (Å²) in [6.07, 6.45) is 5.24. The van der Waals surface area contributed by atoms with E-state index in [0.29, 0.717) is 42.2 Å². The molecule has 0 bridgehead atoms. The average Bonchev–Trinajstić information content (AvgIpc) is 3.45. The number of para-hydroxylation sites is 2. The molecular formula is C36H34N6O3S. The van der Waals surface area contributed by atoms with Gasteiger partial charge in [-0.15, -0.1) is 0 Å². The number of rotatable bonds is 7. The molecule has 0 amide bonds. The number of nitriles is 1. The Morgan fingerprint density at radius 3 is 2.46 bits per heavy atom. The topological polar surface area (TPSA) is 103 Å². The Morgan fingerprint density at radius 2 is 1.70 bits per heavy atom. The Kier molecular flexibility index (Phi) is 7.59. The molecule has 232 valence electrons. The number of ether oxygens (including phenoxy) is 1. The fourth-order valence-corrected chi connectivity index (χ4v) is 8.69. The van der Waals surface area contributed by atoms with Crippen molar-refractivity contribution in [1.29, 1.82) is 5.26 Å². The molecule has 10 heteroatoms. The van der Waals surface area contributed by atoms with E-state index in [1.165, 1.54) is 4.31 Å². The number of piperazine rings is 1. The second-order valence-corrected chi connectivity index (χ2v) is 13.4. The molecule has 2 aliphatic rings. The van der Waals surface area contributed by atoms with Crippen LogP contribution in [0.2, 0.25) is 0 Å². The van der Waals surface area contributed by atoms with Crippen molar-refractivity contribution < 1.29 is 13.2 Å². The van der Waals surface area contributed by atoms with Crippen LogP contribution in [0.5, 0.6) is 5.75 Å². The summed E-state index contributed by atoms with van der Waals surface area (Å²) in [7, 11) is -4.11. The Hall–Kier alpha value is -4.98. The lowest BCUT2D eigenvalue weighted by molar-refractivity contribution is 0.124. The zero-order valence-corrected chi connectivity index (χ0v) is 26.6. The van der Waals surface area contributed by atoms with Gasteiger partial charge >= 0.3 is 0 Å². The van der Waals surface area contributed by atoms with E-state index in [1.807, 2.05) is 68.4 Å². The zero-order valence-electron chi connectivity index (χ0n) is 25.8. The first kappa shape index (κ1) is 29.7. The molecule has 0 aliphatic carbocycles. The average molecular weight is 631 g/mol. The molecule has 2 aliphatic heterocycles. The SMILES string of the molecule is CCOc1ccccc1C1(N2CCN(c3ccncc3)CC2)CN(S(=O)(=O)c2cccc3c(C)ccnc23)c2ccc(C#N)cc21. The van der Waals surface area contributed by atoms with Gasteiger partial charge in [0.25, 0.3) is 10.0 Å². The first-order chi connectivity index (χ1) is 22.4. The molecule has 0 N–H and O–H groups in total. The van der Waals surface area contributed by atoms with Gasteiger partial charge in [-0.1, -0.05) is 30.3 Å². The Balaban J connectivity index is 1.42. The molecule has 1 unspecified atom stereocenters. The molecule has 0 radical (unpaired) electrons. The summed E-state index contributed by atoms with van der Waals surface area (Å²) in [6.45, 7) is 7.24. The second-order valence-electron chi connectivity index (χ2n) is 11.6. The number of fused-ring (bicyclic) bond motifs is 2. The van der Waals surface area contributed by atoms with Gasteiger partial charge in [0, 0.05) is 67.0 Å². The monoisotopic (exact) mass is 630 g/mol. The van der Waals surface area contributed by atoms with Crippen LogP contribution in [0.15, 0.2) is 102 Å². The maximum Gasteiger partial charge on any atom is 0.266 e. The molecule has 4 heterocycles. The Morgan fingerprint density at radius 1 is 0.913 bits per heavy atom. The number of benzene rings is 3. The van der Waals surface area contributed by atoms with Gasteiger partial charge in [0.15, 0.2) is 0 Å². The standard InChI is InChI=1S/C36H34N6O3S/c1-3-45-33-9-5-4-8-30(33)36(41-21-19-40(20-22-41)28-14-16-38-17-15-28)25-42(32-12-11-27(24-37)23-31(32)36)46(43,44)34-10-6-7-29-26(2)13-18-39-35(29)34/h4-18,23H,3,19-22,25H2,1-2H3. The number of nitrogens with zero attached hydrogens (tertiary/aromatic N) is 6. The molecular weight excluding hydrogens is 597 g/mol. The highest BCUT2D eigenvalue weighted by Crippen LogP contribution is 2.52. The molecule has 7 rings (SSSR count). The minimum Gasteiger partial charge on any atom is -0.494 e. The molecule has 1 saturated heterocycles. The smallest absolute Gasteiger partial charge is 0.266 e. The van der Waals surface area contributed by atoms with Crippen LogP contribution in [0, 0.1) is 18.3 Å². The highest BCUT2D eigenvalue weighted by Gasteiger charge is 2.53. The number of aromatic nitrogens is 2. The summed E-state index contributed by atoms with van der Waals surface area (Å²) in [5.41, 5.74) is 4.21. The van der Waals surface area contributed by atoms with Gasteiger partial charge in [0.05, 0.1) is 41.5 Å². The first-order valence-corrected chi connectivity index (χ1v) is 16.9. The lowest BCUT2D eigenvalue weighted by atomic mass is 9.81. The lowest BCUT2D eigenvalue weighted by Gasteiger charge is -2.47. The highest BCUT2D eigenvalue weighted by atomic mass is 32.2. The zero-order chi connectivity index (χ0) is 31.9. The van der Waals surface area contributed by atoms with E-state index in [9.17, 15) is 13.7 Å². The molecule has 0 spiro atoms. The van der Waals surface area contributed by atoms with Gasteiger partial charge in [0.1, 0.15) is 10.6 Å². The third-order valence-electron chi connectivity index (χ3n) is 9.21. The quantitative estimate of drug-likeness (QED) is 0.233. The molecule has 46 heavy (non-hydrogen) atoms. The van der Waals surface area contributed by atoms with Gasteiger partial charge in [-0.2, -0.15) is 5.26 Å². The summed E-state index contributed by atoms with van der Waals surface area (Å²) in [5, 5.41) is 10.8. The van der Waals surface area contributed by atoms with Crippen molar-refractivity contribution in [2.45, 2.75) is 24.3 Å². The van der Waals surface area contributed by atoms with Crippen molar-refractivity contribution in [2.24, 2.45) is 0 Å². The van der Waals surface area contributed by atoms with Crippen molar-refractivity contribution in [3.8, 4) is 11.8 Å². The summed E-state index contributed by atoms with van der Waals surface area (Å²) in [6, 6.07) is 26.7. The fourth-order valence-electron chi connectivity index (χ4n) is 7.02. The van der Waals surface area contributed by atoms with E-state index in [1.54, 1.807) is 42.9 Å². The van der Waals surface area contributed by atoms with Gasteiger partial charge in [0.2, 0.25) is 0 Å². The lowest BCUT2D eigenvalue weighted by Crippen LogP contribution is -2.58. The van der Waals surface area contributed by atoms with Crippen LogP contribution in [0.3, 0.4) is 0 Å². The normalized spacial score (nSPS) is 18.4. The Labute approximate surface area is 269 Å². The van der Waals surface area contributed by atoms with E-state index in [2.05, 4.69) is 25.8 Å². The largest absolute Gasteiger partial charge is 0.494 e. The van der Waals surface area contributed by atoms with Crippen molar-refractivity contribution in [3.63, 3.8) is 0 Å². The molecule has 5 aromatic rings. The van der Waals surface area contributed by atoms with Crippen molar-refractivity contribution in [3.05, 3.63) is 120 Å². The van der Waals surface area contributed by atoms with E-state index in [4.69, 9.17) is 4.74 Å². The van der Waals surface area contributed by atoms with Crippen LogP contribution in [0.4, 0.5) is 11.4 Å². The summed E-state index contributed by atoms with van der Waals surface area (Å²) in [5.74, 6) is 0.691. The number of aryl methyl sites for hydroxylation is 1. The number of hydrogen-bond acceptors (Lipinski definition) is 8. The van der Waals surface area contributed by atoms with E-state index < -0.39 is 15.6 Å². The maximum absolute atomic E-state index is 14.9. The molecule has 1 fully saturated rings. The van der Waals surface area contributed by atoms with Crippen LogP contribution < -0.4 is 13.9 Å². The van der Waals surface area contributed by atoms with Crippen LogP contribution in [0.1, 0.15) is 29.2 Å². The second kappa shape index (κ2) is 11.7. The first-order valence-electron chi connectivity index (χ1n) is 15.4.